The number of anilines is 1. The van der Waals surface area contributed by atoms with Crippen LogP contribution in [0.2, 0.25) is 0 Å². The SMILES string of the molecule is CN(C)c1ccc(CNC(=O)COC(=O)CCN2C(=O)NC3(CCCC3)C2=O)cc1. The second kappa shape index (κ2) is 9.15. The second-order valence-corrected chi connectivity index (χ2v) is 7.92. The summed E-state index contributed by atoms with van der Waals surface area (Å²) >= 11 is 0. The molecule has 1 saturated carbocycles. The fourth-order valence-electron chi connectivity index (χ4n) is 3.78. The van der Waals surface area contributed by atoms with Crippen molar-refractivity contribution in [2.24, 2.45) is 0 Å². The molecule has 0 unspecified atom stereocenters. The average molecular weight is 416 g/mol. The van der Waals surface area contributed by atoms with Crippen molar-refractivity contribution in [3.63, 3.8) is 0 Å². The van der Waals surface area contributed by atoms with Crippen molar-refractivity contribution in [1.82, 2.24) is 15.5 Å². The van der Waals surface area contributed by atoms with Crippen molar-refractivity contribution in [2.75, 3.05) is 32.1 Å². The standard InChI is InChI=1S/C21H28N4O5/c1-24(2)16-7-5-15(6-8-16)13-22-17(26)14-30-18(27)9-12-25-19(28)21(23-20(25)29)10-3-4-11-21/h5-8H,3-4,9-14H2,1-2H3,(H,22,26)(H,23,29). The number of carbonyl (C=O) groups excluding carboxylic acids is 4. The Kier molecular flexibility index (Phi) is 6.59. The number of carbonyl (C=O) groups is 4. The first-order valence-corrected chi connectivity index (χ1v) is 10.1. The highest BCUT2D eigenvalue weighted by atomic mass is 16.5. The fraction of sp³-hybridized carbons (Fsp3) is 0.524. The van der Waals surface area contributed by atoms with E-state index in [1.165, 1.54) is 0 Å². The van der Waals surface area contributed by atoms with Crippen LogP contribution < -0.4 is 15.5 Å². The van der Waals surface area contributed by atoms with Crippen LogP contribution in [0.3, 0.4) is 0 Å². The normalized spacial score (nSPS) is 17.2. The molecule has 1 aromatic rings. The van der Waals surface area contributed by atoms with E-state index in [4.69, 9.17) is 4.74 Å². The summed E-state index contributed by atoms with van der Waals surface area (Å²) in [4.78, 5) is 51.5. The predicted octanol–water partition coefficient (Wildman–Crippen LogP) is 1.17. The molecule has 1 spiro atoms. The van der Waals surface area contributed by atoms with Gasteiger partial charge in [0.2, 0.25) is 0 Å². The maximum Gasteiger partial charge on any atom is 0.325 e. The lowest BCUT2D eigenvalue weighted by Crippen LogP contribution is -2.44. The molecule has 0 atom stereocenters. The minimum Gasteiger partial charge on any atom is -0.456 e. The lowest BCUT2D eigenvalue weighted by atomic mass is 9.98. The van der Waals surface area contributed by atoms with E-state index >= 15 is 0 Å². The van der Waals surface area contributed by atoms with E-state index in [1.807, 2.05) is 43.3 Å². The number of urea groups is 1. The van der Waals surface area contributed by atoms with Gasteiger partial charge in [0.25, 0.3) is 11.8 Å². The Labute approximate surface area is 175 Å². The van der Waals surface area contributed by atoms with Crippen LogP contribution in [0, 0.1) is 0 Å². The minimum absolute atomic E-state index is 0.0505. The summed E-state index contributed by atoms with van der Waals surface area (Å²) in [5.41, 5.74) is 1.20. The Balaban J connectivity index is 1.36. The van der Waals surface area contributed by atoms with Crippen molar-refractivity contribution in [3.05, 3.63) is 29.8 Å². The molecule has 2 fully saturated rings. The Morgan fingerprint density at radius 1 is 1.17 bits per heavy atom. The number of imide groups is 1. The first-order valence-electron chi connectivity index (χ1n) is 10.1. The molecule has 9 heteroatoms. The maximum atomic E-state index is 12.5. The van der Waals surface area contributed by atoms with Gasteiger partial charge in [-0.3, -0.25) is 19.3 Å². The van der Waals surface area contributed by atoms with Crippen LogP contribution in [-0.2, 0) is 25.7 Å². The molecule has 0 radical (unpaired) electrons. The molecule has 30 heavy (non-hydrogen) atoms. The molecule has 1 aliphatic carbocycles. The van der Waals surface area contributed by atoms with E-state index in [-0.39, 0.29) is 18.9 Å². The number of hydrogen-bond acceptors (Lipinski definition) is 6. The molecule has 1 aromatic carbocycles. The van der Waals surface area contributed by atoms with Crippen LogP contribution in [0.25, 0.3) is 0 Å². The number of hydrogen-bond donors (Lipinski definition) is 2. The second-order valence-electron chi connectivity index (χ2n) is 7.92. The zero-order valence-corrected chi connectivity index (χ0v) is 17.4. The topological polar surface area (TPSA) is 108 Å². The van der Waals surface area contributed by atoms with Gasteiger partial charge in [0.1, 0.15) is 5.54 Å². The Bertz CT molecular complexity index is 815. The summed E-state index contributed by atoms with van der Waals surface area (Å²) in [6, 6.07) is 7.26. The van der Waals surface area contributed by atoms with Crippen LogP contribution >= 0.6 is 0 Å². The van der Waals surface area contributed by atoms with Crippen molar-refractivity contribution < 1.29 is 23.9 Å². The van der Waals surface area contributed by atoms with Gasteiger partial charge in [-0.1, -0.05) is 25.0 Å². The lowest BCUT2D eigenvalue weighted by molar-refractivity contribution is -0.149. The van der Waals surface area contributed by atoms with Gasteiger partial charge in [-0.15, -0.1) is 0 Å². The fourth-order valence-corrected chi connectivity index (χ4v) is 3.78. The molecule has 162 valence electrons. The van der Waals surface area contributed by atoms with Gasteiger partial charge in [-0.25, -0.2) is 4.79 Å². The number of ether oxygens (including phenoxy) is 1. The van der Waals surface area contributed by atoms with Gasteiger partial charge >= 0.3 is 12.0 Å². The van der Waals surface area contributed by atoms with Gasteiger partial charge in [-0.05, 0) is 30.5 Å². The highest BCUT2D eigenvalue weighted by Gasteiger charge is 2.52. The van der Waals surface area contributed by atoms with Crippen LogP contribution in [0.4, 0.5) is 10.5 Å². The van der Waals surface area contributed by atoms with Crippen molar-refractivity contribution in [2.45, 2.75) is 44.2 Å². The first kappa shape index (κ1) is 21.6. The Morgan fingerprint density at radius 3 is 2.47 bits per heavy atom. The zero-order valence-electron chi connectivity index (χ0n) is 17.4. The van der Waals surface area contributed by atoms with E-state index < -0.39 is 30.1 Å². The third kappa shape index (κ3) is 4.90. The average Bonchev–Trinajstić information content (AvgIpc) is 3.28. The van der Waals surface area contributed by atoms with E-state index in [1.54, 1.807) is 0 Å². The number of benzene rings is 1. The Hall–Kier alpha value is -3.10. The molecule has 4 amide bonds. The van der Waals surface area contributed by atoms with Crippen LogP contribution in [0.15, 0.2) is 24.3 Å². The molecule has 1 aliphatic heterocycles. The predicted molar refractivity (Wildman–Crippen MR) is 110 cm³/mol. The van der Waals surface area contributed by atoms with Crippen LogP contribution in [0.5, 0.6) is 0 Å². The third-order valence-electron chi connectivity index (χ3n) is 5.55. The van der Waals surface area contributed by atoms with Crippen molar-refractivity contribution in [3.8, 4) is 0 Å². The molecular formula is C21H28N4O5. The molecule has 9 nitrogen and oxygen atoms in total. The van der Waals surface area contributed by atoms with Gasteiger partial charge in [0.05, 0.1) is 6.42 Å². The number of nitrogens with one attached hydrogen (secondary N) is 2. The number of amides is 4. The number of esters is 1. The Morgan fingerprint density at radius 2 is 1.83 bits per heavy atom. The summed E-state index contributed by atoms with van der Waals surface area (Å²) in [5.74, 6) is -1.32. The molecular weight excluding hydrogens is 388 g/mol. The van der Waals surface area contributed by atoms with Gasteiger partial charge in [0, 0.05) is 32.9 Å². The van der Waals surface area contributed by atoms with Crippen LogP contribution in [0.1, 0.15) is 37.7 Å². The van der Waals surface area contributed by atoms with E-state index in [2.05, 4.69) is 10.6 Å². The monoisotopic (exact) mass is 416 g/mol. The quantitative estimate of drug-likeness (QED) is 0.487. The molecule has 1 saturated heterocycles. The van der Waals surface area contributed by atoms with Gasteiger partial charge in [0.15, 0.2) is 6.61 Å². The van der Waals surface area contributed by atoms with Gasteiger partial charge < -0.3 is 20.3 Å². The van der Waals surface area contributed by atoms with Crippen LogP contribution in [-0.4, -0.2) is 61.5 Å². The summed E-state index contributed by atoms with van der Waals surface area (Å²) in [6.45, 7) is -0.127. The number of rotatable bonds is 8. The molecule has 3 rings (SSSR count). The highest BCUT2D eigenvalue weighted by molar-refractivity contribution is 6.07. The number of nitrogens with zero attached hydrogens (tertiary/aromatic N) is 2. The summed E-state index contributed by atoms with van der Waals surface area (Å²) in [7, 11) is 3.90. The highest BCUT2D eigenvalue weighted by Crippen LogP contribution is 2.35. The van der Waals surface area contributed by atoms with E-state index in [9.17, 15) is 19.2 Å². The minimum atomic E-state index is -0.786. The molecule has 2 N–H and O–H groups in total. The van der Waals surface area contributed by atoms with Crippen molar-refractivity contribution >= 4 is 29.5 Å². The summed E-state index contributed by atoms with van der Waals surface area (Å²) in [6.07, 6.45) is 2.93. The lowest BCUT2D eigenvalue weighted by Gasteiger charge is -2.19. The molecule has 1 heterocycles. The van der Waals surface area contributed by atoms with Crippen molar-refractivity contribution in [1.29, 1.82) is 0 Å². The third-order valence-corrected chi connectivity index (χ3v) is 5.55. The largest absolute Gasteiger partial charge is 0.456 e. The molecule has 0 bridgehead atoms. The molecule has 0 aromatic heterocycles. The smallest absolute Gasteiger partial charge is 0.325 e. The van der Waals surface area contributed by atoms with E-state index in [0.29, 0.717) is 19.4 Å². The van der Waals surface area contributed by atoms with E-state index in [0.717, 1.165) is 29.0 Å². The summed E-state index contributed by atoms with van der Waals surface area (Å²) < 4.78 is 4.96. The zero-order chi connectivity index (χ0) is 21.7. The molecule has 2 aliphatic rings. The maximum absolute atomic E-state index is 12.5. The summed E-state index contributed by atoms with van der Waals surface area (Å²) in [5, 5.41) is 5.45. The van der Waals surface area contributed by atoms with Gasteiger partial charge in [-0.2, -0.15) is 0 Å². The first-order chi connectivity index (χ1) is 14.3.